The molecule has 11 atom stereocenters. The molecule has 0 aliphatic carbocycles. The molecule has 1 spiro atoms. The zero-order valence-corrected chi connectivity index (χ0v) is 32.2. The summed E-state index contributed by atoms with van der Waals surface area (Å²) in [4.78, 5) is 37.7. The van der Waals surface area contributed by atoms with Gasteiger partial charge in [-0.05, 0) is 107 Å². The predicted molar refractivity (Wildman–Crippen MR) is 195 cm³/mol. The first-order chi connectivity index (χ1) is 23.7. The van der Waals surface area contributed by atoms with Gasteiger partial charge in [0.05, 0.1) is 55.1 Å². The van der Waals surface area contributed by atoms with Gasteiger partial charge in [-0.1, -0.05) is 40.7 Å². The van der Waals surface area contributed by atoms with Gasteiger partial charge < -0.3 is 35.1 Å². The molecule has 3 fully saturated rings. The number of hydrogen-bond acceptors (Lipinski definition) is 8. The van der Waals surface area contributed by atoms with Gasteiger partial charge in [-0.3, -0.25) is 14.4 Å². The third kappa shape index (κ3) is 13.9. The smallest absolute Gasteiger partial charge is 0.225 e. The minimum Gasteiger partial charge on any atom is -0.390 e. The Labute approximate surface area is 302 Å². The Morgan fingerprint density at radius 1 is 0.980 bits per heavy atom. The highest BCUT2D eigenvalue weighted by Gasteiger charge is 2.44. The van der Waals surface area contributed by atoms with E-state index in [2.05, 4.69) is 37.5 Å². The number of allylic oxidation sites excluding steroid dienone is 1. The molecule has 4 N–H and O–H groups in total. The number of aliphatic hydroxyl groups is 2. The van der Waals surface area contributed by atoms with Crippen molar-refractivity contribution in [3.63, 3.8) is 0 Å². The summed E-state index contributed by atoms with van der Waals surface area (Å²) in [6.45, 7) is 15.9. The normalized spacial score (nSPS) is 31.4. The van der Waals surface area contributed by atoms with E-state index in [9.17, 15) is 24.6 Å². The molecule has 0 aromatic carbocycles. The molecule has 3 rings (SSSR count). The van der Waals surface area contributed by atoms with Crippen molar-refractivity contribution >= 4 is 17.6 Å². The first-order valence-electron chi connectivity index (χ1n) is 19.7. The van der Waals surface area contributed by atoms with Crippen molar-refractivity contribution in [1.82, 2.24) is 10.6 Å². The number of amides is 2. The number of ether oxygens (including phenoxy) is 3. The van der Waals surface area contributed by atoms with Crippen LogP contribution in [-0.2, 0) is 28.6 Å². The summed E-state index contributed by atoms with van der Waals surface area (Å²) < 4.78 is 19.1. The van der Waals surface area contributed by atoms with Gasteiger partial charge in [-0.15, -0.1) is 0 Å². The van der Waals surface area contributed by atoms with E-state index in [4.69, 9.17) is 14.2 Å². The average molecular weight is 707 g/mol. The maximum atomic E-state index is 12.9. The minimum absolute atomic E-state index is 0.0113. The molecule has 0 saturated carbocycles. The number of aliphatic hydroxyl groups excluding tert-OH is 2. The second-order valence-electron chi connectivity index (χ2n) is 16.2. The lowest BCUT2D eigenvalue weighted by Crippen LogP contribution is -2.51. The average Bonchev–Trinajstić information content (AvgIpc) is 3.07. The van der Waals surface area contributed by atoms with Crippen LogP contribution in [-0.4, -0.2) is 90.2 Å². The van der Waals surface area contributed by atoms with Gasteiger partial charge in [0.25, 0.3) is 0 Å². The standard InChI is InChI=1S/C40H70N2O8/c1-8-10-33(44)20-34-15-13-27(3)37(49-34)21-38(46)42-23-35(45)30(6)39(47)41-18-9-11-36-28(4)16-17-40(50-36)22-32(24-48-25-40)14-12-26(2)19-29(5)31(7)43/h19,26-28,30-32,34-37,43,45H,8-18,20-25H2,1-7H3,(H,41,47)(H,42,46). The lowest BCUT2D eigenvalue weighted by molar-refractivity contribution is -0.211. The number of carbonyl (C=O) groups excluding carboxylic acids is 3. The van der Waals surface area contributed by atoms with Crippen LogP contribution in [0.4, 0.5) is 0 Å². The third-order valence-electron chi connectivity index (χ3n) is 11.5. The fourth-order valence-corrected chi connectivity index (χ4v) is 7.80. The number of rotatable bonds is 19. The highest BCUT2D eigenvalue weighted by molar-refractivity contribution is 5.80. The van der Waals surface area contributed by atoms with Gasteiger partial charge in [0.1, 0.15) is 5.78 Å². The Kier molecular flexibility index (Phi) is 17.9. The number of ketones is 1. The molecule has 10 nitrogen and oxygen atoms in total. The summed E-state index contributed by atoms with van der Waals surface area (Å²) in [5.74, 6) is 0.587. The molecule has 0 bridgehead atoms. The van der Waals surface area contributed by atoms with Crippen LogP contribution < -0.4 is 10.6 Å². The van der Waals surface area contributed by atoms with E-state index in [0.29, 0.717) is 43.7 Å². The van der Waals surface area contributed by atoms with Crippen LogP contribution in [0.25, 0.3) is 0 Å². The van der Waals surface area contributed by atoms with Crippen LogP contribution in [0, 0.1) is 29.6 Å². The summed E-state index contributed by atoms with van der Waals surface area (Å²) in [6.07, 6.45) is 11.0. The summed E-state index contributed by atoms with van der Waals surface area (Å²) >= 11 is 0. The summed E-state index contributed by atoms with van der Waals surface area (Å²) in [7, 11) is 0. The molecule has 3 aliphatic rings. The van der Waals surface area contributed by atoms with Crippen LogP contribution >= 0.6 is 0 Å². The second-order valence-corrected chi connectivity index (χ2v) is 16.2. The van der Waals surface area contributed by atoms with Crippen LogP contribution in [0.3, 0.4) is 0 Å². The number of Topliss-reactive ketones (excluding diaryl/α,β-unsaturated/α-hetero) is 1. The monoisotopic (exact) mass is 707 g/mol. The van der Waals surface area contributed by atoms with Crippen molar-refractivity contribution in [3.8, 4) is 0 Å². The first-order valence-corrected chi connectivity index (χ1v) is 19.7. The molecular formula is C40H70N2O8. The molecule has 10 heteroatoms. The Morgan fingerprint density at radius 2 is 1.72 bits per heavy atom. The maximum Gasteiger partial charge on any atom is 0.225 e. The van der Waals surface area contributed by atoms with Crippen LogP contribution in [0.2, 0.25) is 0 Å². The molecule has 0 aromatic heterocycles. The summed E-state index contributed by atoms with van der Waals surface area (Å²) in [6, 6.07) is 0. The molecule has 50 heavy (non-hydrogen) atoms. The molecular weight excluding hydrogens is 636 g/mol. The van der Waals surface area contributed by atoms with Crippen LogP contribution in [0.15, 0.2) is 11.6 Å². The summed E-state index contributed by atoms with van der Waals surface area (Å²) in [5, 5.41) is 26.2. The van der Waals surface area contributed by atoms with Crippen molar-refractivity contribution in [3.05, 3.63) is 11.6 Å². The number of nitrogens with one attached hydrogen (secondary N) is 2. The van der Waals surface area contributed by atoms with Crippen molar-refractivity contribution in [1.29, 1.82) is 0 Å². The van der Waals surface area contributed by atoms with E-state index in [1.807, 2.05) is 20.8 Å². The van der Waals surface area contributed by atoms with Gasteiger partial charge in [0, 0.05) is 32.5 Å². The fraction of sp³-hybridized carbons (Fsp3) is 0.875. The van der Waals surface area contributed by atoms with Crippen molar-refractivity contribution in [2.45, 2.75) is 168 Å². The minimum atomic E-state index is -1.01. The topological polar surface area (TPSA) is 143 Å². The van der Waals surface area contributed by atoms with Crippen LogP contribution in [0.5, 0.6) is 0 Å². The van der Waals surface area contributed by atoms with Gasteiger partial charge in [-0.2, -0.15) is 0 Å². The van der Waals surface area contributed by atoms with E-state index < -0.39 is 18.1 Å². The van der Waals surface area contributed by atoms with Gasteiger partial charge in [-0.25, -0.2) is 0 Å². The largest absolute Gasteiger partial charge is 0.390 e. The van der Waals surface area contributed by atoms with E-state index in [-0.39, 0.29) is 60.4 Å². The Hall–Kier alpha value is -1.85. The SMILES string of the molecule is CCCC(=O)CC1CCC(C)C(CC(=O)NCC(O)C(C)C(=O)NCCCC2OC3(CCC2C)COCC(CCC(C)C=C(C)C(C)O)C3)O1. The van der Waals surface area contributed by atoms with Crippen molar-refractivity contribution < 1.29 is 38.8 Å². The Balaban J connectivity index is 1.35. The van der Waals surface area contributed by atoms with Crippen molar-refractivity contribution in [2.75, 3.05) is 26.3 Å². The van der Waals surface area contributed by atoms with E-state index in [1.54, 1.807) is 6.92 Å². The molecule has 0 radical (unpaired) electrons. The molecule has 3 saturated heterocycles. The molecule has 2 amide bonds. The van der Waals surface area contributed by atoms with E-state index >= 15 is 0 Å². The van der Waals surface area contributed by atoms with Crippen molar-refractivity contribution in [2.24, 2.45) is 29.6 Å². The Bertz CT molecular complexity index is 1100. The second kappa shape index (κ2) is 21.0. The summed E-state index contributed by atoms with van der Waals surface area (Å²) in [5.41, 5.74) is 0.785. The molecule has 11 unspecified atom stereocenters. The number of hydrogen-bond donors (Lipinski definition) is 4. The predicted octanol–water partition coefficient (Wildman–Crippen LogP) is 5.66. The number of carbonyl (C=O) groups is 3. The molecule has 0 aromatic rings. The van der Waals surface area contributed by atoms with Crippen LogP contribution in [0.1, 0.15) is 132 Å². The third-order valence-corrected chi connectivity index (χ3v) is 11.5. The quantitative estimate of drug-likeness (QED) is 0.0996. The highest BCUT2D eigenvalue weighted by Crippen LogP contribution is 2.42. The van der Waals surface area contributed by atoms with E-state index in [1.165, 1.54) is 0 Å². The highest BCUT2D eigenvalue weighted by atomic mass is 16.6. The molecule has 288 valence electrons. The molecule has 3 heterocycles. The van der Waals surface area contributed by atoms with E-state index in [0.717, 1.165) is 76.4 Å². The fourth-order valence-electron chi connectivity index (χ4n) is 7.80. The lowest BCUT2D eigenvalue weighted by atomic mass is 9.77. The van der Waals surface area contributed by atoms with Gasteiger partial charge in [0.15, 0.2) is 0 Å². The van der Waals surface area contributed by atoms with Gasteiger partial charge in [0.2, 0.25) is 11.8 Å². The Morgan fingerprint density at radius 3 is 2.44 bits per heavy atom. The zero-order chi connectivity index (χ0) is 36.8. The molecule has 3 aliphatic heterocycles. The lowest BCUT2D eigenvalue weighted by Gasteiger charge is -2.48. The zero-order valence-electron chi connectivity index (χ0n) is 32.2. The maximum absolute atomic E-state index is 12.9. The van der Waals surface area contributed by atoms with Gasteiger partial charge >= 0.3 is 0 Å². The first kappa shape index (κ1) is 42.6.